The molecule has 1 atom stereocenters. The molecule has 0 fully saturated rings. The Bertz CT molecular complexity index is 757. The minimum atomic E-state index is -2.16. The number of nitrogens with zero attached hydrogens (tertiary/aromatic N) is 3. The molecule has 0 aliphatic rings. The van der Waals surface area contributed by atoms with E-state index in [-0.39, 0.29) is 6.10 Å². The molecule has 0 N–H and O–H groups in total. The van der Waals surface area contributed by atoms with E-state index in [0.717, 1.165) is 6.17 Å². The smallest absolute Gasteiger partial charge is 0.242 e. The van der Waals surface area contributed by atoms with Gasteiger partial charge in [0.15, 0.2) is 0 Å². The first kappa shape index (κ1) is 16.6. The molecule has 24 heavy (non-hydrogen) atoms. The van der Waals surface area contributed by atoms with Crippen LogP contribution in [-0.2, 0) is 10.6 Å². The molecule has 1 aromatic heterocycles. The van der Waals surface area contributed by atoms with E-state index in [1.54, 1.807) is 12.7 Å². The summed E-state index contributed by atoms with van der Waals surface area (Å²) in [6.45, 7) is 6.42. The highest BCUT2D eigenvalue weighted by Crippen LogP contribution is 2.19. The average molecular weight is 337 g/mol. The molecule has 1 unspecified atom stereocenters. The van der Waals surface area contributed by atoms with E-state index < -0.39 is 8.32 Å². The van der Waals surface area contributed by atoms with Crippen LogP contribution >= 0.6 is 0 Å². The third kappa shape index (κ3) is 3.80. The SMILES string of the molecule is CC(C)O[Si](C)(Cn1cncn1)c1ccc(-c2ccccc2)cc1. The van der Waals surface area contributed by atoms with Crippen LogP contribution in [0.3, 0.4) is 0 Å². The second-order valence-corrected chi connectivity index (χ2v) is 10.0. The third-order valence-electron chi connectivity index (χ3n) is 4.03. The Hall–Kier alpha value is -2.24. The topological polar surface area (TPSA) is 39.9 Å². The van der Waals surface area contributed by atoms with Crippen LogP contribution in [0, 0.1) is 0 Å². The summed E-state index contributed by atoms with van der Waals surface area (Å²) in [7, 11) is -2.16. The van der Waals surface area contributed by atoms with E-state index >= 15 is 0 Å². The van der Waals surface area contributed by atoms with Gasteiger partial charge in [-0.05, 0) is 36.7 Å². The highest BCUT2D eigenvalue weighted by molar-refractivity contribution is 6.84. The van der Waals surface area contributed by atoms with Crippen molar-refractivity contribution in [2.24, 2.45) is 0 Å². The number of hydrogen-bond donors (Lipinski definition) is 0. The van der Waals surface area contributed by atoms with E-state index in [2.05, 4.69) is 79.0 Å². The van der Waals surface area contributed by atoms with Gasteiger partial charge in [-0.3, -0.25) is 4.68 Å². The first-order valence-corrected chi connectivity index (χ1v) is 10.8. The van der Waals surface area contributed by atoms with Crippen molar-refractivity contribution in [2.75, 3.05) is 0 Å². The Morgan fingerprint density at radius 1 is 1.00 bits per heavy atom. The zero-order valence-corrected chi connectivity index (χ0v) is 15.4. The van der Waals surface area contributed by atoms with Crippen molar-refractivity contribution >= 4 is 13.5 Å². The molecule has 0 aliphatic heterocycles. The first-order valence-electron chi connectivity index (χ1n) is 8.23. The van der Waals surface area contributed by atoms with Crippen LogP contribution in [0.4, 0.5) is 0 Å². The fraction of sp³-hybridized carbons (Fsp3) is 0.263. The minimum Gasteiger partial charge on any atom is -0.408 e. The van der Waals surface area contributed by atoms with Crippen molar-refractivity contribution < 1.29 is 4.43 Å². The normalized spacial score (nSPS) is 13.8. The zero-order chi connectivity index (χ0) is 17.0. The highest BCUT2D eigenvalue weighted by Gasteiger charge is 2.34. The summed E-state index contributed by atoms with van der Waals surface area (Å²) in [6, 6.07) is 19.2. The van der Waals surface area contributed by atoms with E-state index in [1.165, 1.54) is 16.3 Å². The van der Waals surface area contributed by atoms with Crippen molar-refractivity contribution in [3.63, 3.8) is 0 Å². The Morgan fingerprint density at radius 3 is 2.25 bits per heavy atom. The molecule has 0 aliphatic carbocycles. The summed E-state index contributed by atoms with van der Waals surface area (Å²) >= 11 is 0. The first-order chi connectivity index (χ1) is 11.6. The predicted octanol–water partition coefficient (Wildman–Crippen LogP) is 3.39. The Morgan fingerprint density at radius 2 is 1.67 bits per heavy atom. The second-order valence-electron chi connectivity index (χ2n) is 6.43. The Kier molecular flexibility index (Phi) is 4.92. The fourth-order valence-electron chi connectivity index (χ4n) is 2.99. The number of hydrogen-bond acceptors (Lipinski definition) is 3. The van der Waals surface area contributed by atoms with Crippen LogP contribution in [0.5, 0.6) is 0 Å². The van der Waals surface area contributed by atoms with Gasteiger partial charge in [-0.25, -0.2) is 4.98 Å². The lowest BCUT2D eigenvalue weighted by atomic mass is 10.1. The monoisotopic (exact) mass is 337 g/mol. The van der Waals surface area contributed by atoms with Crippen molar-refractivity contribution in [3.05, 3.63) is 67.3 Å². The van der Waals surface area contributed by atoms with Gasteiger partial charge < -0.3 is 4.43 Å². The molecule has 124 valence electrons. The van der Waals surface area contributed by atoms with Crippen molar-refractivity contribution in [2.45, 2.75) is 32.7 Å². The summed E-state index contributed by atoms with van der Waals surface area (Å²) in [5.74, 6) is 0. The number of benzene rings is 2. The predicted molar refractivity (Wildman–Crippen MR) is 99.4 cm³/mol. The molecular weight excluding hydrogens is 314 g/mol. The zero-order valence-electron chi connectivity index (χ0n) is 14.4. The standard InChI is InChI=1S/C19H23N3OSi/c1-16(2)23-24(3,15-22-14-20-13-21-22)19-11-9-18(10-12-19)17-7-5-4-6-8-17/h4-14,16H,15H2,1-3H3. The van der Waals surface area contributed by atoms with Gasteiger partial charge in [0.05, 0.1) is 6.17 Å². The Labute approximate surface area is 144 Å². The summed E-state index contributed by atoms with van der Waals surface area (Å²) in [5, 5.41) is 5.53. The van der Waals surface area contributed by atoms with E-state index in [4.69, 9.17) is 4.43 Å². The van der Waals surface area contributed by atoms with Gasteiger partial charge in [0, 0.05) is 6.10 Å². The summed E-state index contributed by atoms with van der Waals surface area (Å²) < 4.78 is 8.27. The maximum Gasteiger partial charge on any atom is 0.242 e. The minimum absolute atomic E-state index is 0.180. The molecule has 0 saturated carbocycles. The molecular formula is C19H23N3OSi. The largest absolute Gasteiger partial charge is 0.408 e. The number of rotatable bonds is 6. The van der Waals surface area contributed by atoms with Crippen molar-refractivity contribution in [1.82, 2.24) is 14.8 Å². The van der Waals surface area contributed by atoms with Crippen LogP contribution < -0.4 is 5.19 Å². The highest BCUT2D eigenvalue weighted by atomic mass is 28.4. The summed E-state index contributed by atoms with van der Waals surface area (Å²) in [4.78, 5) is 4.05. The summed E-state index contributed by atoms with van der Waals surface area (Å²) in [6.07, 6.45) is 4.27. The third-order valence-corrected chi connectivity index (χ3v) is 7.50. The van der Waals surface area contributed by atoms with Gasteiger partial charge in [0.1, 0.15) is 12.7 Å². The molecule has 0 amide bonds. The molecule has 4 nitrogen and oxygen atoms in total. The van der Waals surface area contributed by atoms with Crippen molar-refractivity contribution in [1.29, 1.82) is 0 Å². The van der Waals surface area contributed by atoms with Gasteiger partial charge >= 0.3 is 0 Å². The van der Waals surface area contributed by atoms with Crippen LogP contribution in [0.1, 0.15) is 13.8 Å². The van der Waals surface area contributed by atoms with Crippen LogP contribution in [0.25, 0.3) is 11.1 Å². The molecule has 3 aromatic rings. The van der Waals surface area contributed by atoms with Gasteiger partial charge in [0.25, 0.3) is 0 Å². The maximum atomic E-state index is 6.39. The molecule has 2 aromatic carbocycles. The van der Waals surface area contributed by atoms with Gasteiger partial charge in [-0.2, -0.15) is 5.10 Å². The molecule has 0 bridgehead atoms. The second kappa shape index (κ2) is 7.11. The Balaban J connectivity index is 1.90. The van der Waals surface area contributed by atoms with E-state index in [0.29, 0.717) is 0 Å². The summed E-state index contributed by atoms with van der Waals surface area (Å²) in [5.41, 5.74) is 2.45. The quantitative estimate of drug-likeness (QED) is 0.647. The molecule has 0 saturated heterocycles. The van der Waals surface area contributed by atoms with Crippen LogP contribution in [0.2, 0.25) is 6.55 Å². The lowest BCUT2D eigenvalue weighted by Crippen LogP contribution is -2.53. The van der Waals surface area contributed by atoms with Gasteiger partial charge in [-0.15, -0.1) is 0 Å². The molecule has 3 rings (SSSR count). The number of aromatic nitrogens is 3. The molecule has 0 radical (unpaired) electrons. The maximum absolute atomic E-state index is 6.39. The van der Waals surface area contributed by atoms with Crippen LogP contribution in [-0.4, -0.2) is 29.2 Å². The van der Waals surface area contributed by atoms with Crippen molar-refractivity contribution in [3.8, 4) is 11.1 Å². The van der Waals surface area contributed by atoms with Gasteiger partial charge in [-0.1, -0.05) is 54.6 Å². The van der Waals surface area contributed by atoms with Gasteiger partial charge in [0.2, 0.25) is 8.32 Å². The molecule has 5 heteroatoms. The lowest BCUT2D eigenvalue weighted by Gasteiger charge is -2.30. The average Bonchev–Trinajstić information content (AvgIpc) is 3.08. The van der Waals surface area contributed by atoms with E-state index in [9.17, 15) is 0 Å². The molecule has 0 spiro atoms. The molecule has 1 heterocycles. The fourth-order valence-corrected chi connectivity index (χ4v) is 6.07. The van der Waals surface area contributed by atoms with Crippen LogP contribution in [0.15, 0.2) is 67.3 Å². The lowest BCUT2D eigenvalue weighted by molar-refractivity contribution is 0.230. The van der Waals surface area contributed by atoms with E-state index in [1.807, 2.05) is 10.7 Å².